The first-order valence-electron chi connectivity index (χ1n) is 6.59. The summed E-state index contributed by atoms with van der Waals surface area (Å²) in [4.78, 5) is 12.5. The average molecular weight is 305 g/mol. The summed E-state index contributed by atoms with van der Waals surface area (Å²) in [5, 5.41) is 8.82. The molecular formula is C14H15F4NO2. The maximum absolute atomic E-state index is 13.0. The molecular weight excluding hydrogens is 290 g/mol. The van der Waals surface area contributed by atoms with Crippen molar-refractivity contribution in [3.05, 3.63) is 35.1 Å². The van der Waals surface area contributed by atoms with Gasteiger partial charge < -0.3 is 5.11 Å². The van der Waals surface area contributed by atoms with E-state index in [0.717, 1.165) is 18.6 Å². The molecule has 1 heterocycles. The summed E-state index contributed by atoms with van der Waals surface area (Å²) in [5.41, 5.74) is -1.02. The van der Waals surface area contributed by atoms with Crippen molar-refractivity contribution < 1.29 is 27.5 Å². The molecule has 1 N–H and O–H groups in total. The third-order valence-corrected chi connectivity index (χ3v) is 3.66. The summed E-state index contributed by atoms with van der Waals surface area (Å²) in [7, 11) is 0. The molecule has 1 aromatic carbocycles. The number of hydrogen-bond donors (Lipinski definition) is 1. The molecule has 0 aliphatic carbocycles. The van der Waals surface area contributed by atoms with Crippen molar-refractivity contribution in [1.82, 2.24) is 4.90 Å². The Morgan fingerprint density at radius 1 is 1.38 bits per heavy atom. The number of rotatable bonds is 4. The monoisotopic (exact) mass is 305 g/mol. The molecule has 0 bridgehead atoms. The molecule has 0 aromatic heterocycles. The van der Waals surface area contributed by atoms with E-state index < -0.39 is 23.5 Å². The van der Waals surface area contributed by atoms with Crippen molar-refractivity contribution >= 4 is 5.97 Å². The van der Waals surface area contributed by atoms with Gasteiger partial charge in [-0.15, -0.1) is 0 Å². The molecule has 7 heteroatoms. The Labute approximate surface area is 119 Å². The molecule has 1 saturated heterocycles. The smallest absolute Gasteiger partial charge is 0.416 e. The highest BCUT2D eigenvalue weighted by Crippen LogP contribution is 2.34. The zero-order valence-corrected chi connectivity index (χ0v) is 11.2. The maximum atomic E-state index is 13.0. The Kier molecular flexibility index (Phi) is 4.51. The second-order valence-electron chi connectivity index (χ2n) is 5.16. The highest BCUT2D eigenvalue weighted by Gasteiger charge is 2.35. The van der Waals surface area contributed by atoms with Crippen molar-refractivity contribution in [2.75, 3.05) is 6.54 Å². The fourth-order valence-corrected chi connectivity index (χ4v) is 2.71. The highest BCUT2D eigenvalue weighted by atomic mass is 19.4. The van der Waals surface area contributed by atoms with E-state index in [1.54, 1.807) is 4.90 Å². The lowest BCUT2D eigenvalue weighted by Crippen LogP contribution is -2.31. The fraction of sp³-hybridized carbons (Fsp3) is 0.500. The number of alkyl halides is 3. The first kappa shape index (κ1) is 15.8. The molecule has 116 valence electrons. The summed E-state index contributed by atoms with van der Waals surface area (Å²) >= 11 is 0. The molecule has 1 aliphatic rings. The molecule has 0 saturated carbocycles. The van der Waals surface area contributed by atoms with E-state index in [0.29, 0.717) is 19.0 Å². The van der Waals surface area contributed by atoms with Gasteiger partial charge >= 0.3 is 12.1 Å². The Hall–Kier alpha value is -1.63. The number of halogens is 4. The number of carbonyl (C=O) groups is 1. The largest absolute Gasteiger partial charge is 0.481 e. The molecule has 2 rings (SSSR count). The van der Waals surface area contributed by atoms with Crippen molar-refractivity contribution in [2.45, 2.75) is 38.0 Å². The third-order valence-electron chi connectivity index (χ3n) is 3.66. The second-order valence-corrected chi connectivity index (χ2v) is 5.16. The Balaban J connectivity index is 2.21. The molecule has 0 amide bonds. The van der Waals surface area contributed by atoms with Crippen molar-refractivity contribution in [3.63, 3.8) is 0 Å². The van der Waals surface area contributed by atoms with Crippen LogP contribution < -0.4 is 0 Å². The lowest BCUT2D eigenvalue weighted by atomic mass is 10.1. The Morgan fingerprint density at radius 3 is 2.71 bits per heavy atom. The van der Waals surface area contributed by atoms with Crippen molar-refractivity contribution in [1.29, 1.82) is 0 Å². The van der Waals surface area contributed by atoms with E-state index in [1.165, 1.54) is 0 Å². The standard InChI is InChI=1S/C14H15F4NO2/c15-10-4-3-9(12(6-10)14(16,17)18)8-19-5-1-2-11(19)7-13(20)21/h3-4,6,11H,1-2,5,7-8H2,(H,20,21). The van der Waals surface area contributed by atoms with Gasteiger partial charge in [0.15, 0.2) is 0 Å². The average Bonchev–Trinajstić information content (AvgIpc) is 2.77. The third kappa shape index (κ3) is 3.93. The summed E-state index contributed by atoms with van der Waals surface area (Å²) in [6.45, 7) is 0.527. The summed E-state index contributed by atoms with van der Waals surface area (Å²) in [5.74, 6) is -1.91. The second kappa shape index (κ2) is 6.01. The number of carboxylic acid groups (broad SMARTS) is 1. The van der Waals surface area contributed by atoms with Gasteiger partial charge in [-0.25, -0.2) is 4.39 Å². The number of nitrogens with zero attached hydrogens (tertiary/aromatic N) is 1. The molecule has 0 radical (unpaired) electrons. The quantitative estimate of drug-likeness (QED) is 0.868. The van der Waals surface area contributed by atoms with E-state index >= 15 is 0 Å². The van der Waals surface area contributed by atoms with Crippen LogP contribution in [0.2, 0.25) is 0 Å². The van der Waals surface area contributed by atoms with Gasteiger partial charge in [-0.1, -0.05) is 6.07 Å². The van der Waals surface area contributed by atoms with Crippen LogP contribution in [0.5, 0.6) is 0 Å². The van der Waals surface area contributed by atoms with Crippen LogP contribution in [-0.2, 0) is 17.5 Å². The molecule has 1 atom stereocenters. The van der Waals surface area contributed by atoms with Crippen LogP contribution in [0.25, 0.3) is 0 Å². The molecule has 1 unspecified atom stereocenters. The minimum Gasteiger partial charge on any atom is -0.481 e. The Bertz CT molecular complexity index is 530. The van der Waals surface area contributed by atoms with E-state index in [1.807, 2.05) is 0 Å². The van der Waals surface area contributed by atoms with Gasteiger partial charge in [0.25, 0.3) is 0 Å². The van der Waals surface area contributed by atoms with Crippen molar-refractivity contribution in [3.8, 4) is 0 Å². The summed E-state index contributed by atoms with van der Waals surface area (Å²) in [6, 6.07) is 2.33. The normalized spacial score (nSPS) is 19.9. The lowest BCUT2D eigenvalue weighted by Gasteiger charge is -2.24. The van der Waals surface area contributed by atoms with Crippen LogP contribution in [0.4, 0.5) is 17.6 Å². The minimum absolute atomic E-state index is 0.0208. The molecule has 1 aromatic rings. The number of carboxylic acids is 1. The zero-order chi connectivity index (χ0) is 15.6. The van der Waals surface area contributed by atoms with Gasteiger partial charge in [0, 0.05) is 12.6 Å². The number of likely N-dealkylation sites (tertiary alicyclic amines) is 1. The van der Waals surface area contributed by atoms with E-state index in [4.69, 9.17) is 5.11 Å². The fourth-order valence-electron chi connectivity index (χ4n) is 2.71. The molecule has 21 heavy (non-hydrogen) atoms. The molecule has 1 aliphatic heterocycles. The van der Waals surface area contributed by atoms with Gasteiger partial charge in [0.05, 0.1) is 12.0 Å². The van der Waals surface area contributed by atoms with Gasteiger partial charge in [-0.05, 0) is 37.1 Å². The van der Waals surface area contributed by atoms with E-state index in [9.17, 15) is 22.4 Å². The maximum Gasteiger partial charge on any atom is 0.416 e. The predicted octanol–water partition coefficient (Wildman–Crippen LogP) is 3.28. The summed E-state index contributed by atoms with van der Waals surface area (Å²) in [6.07, 6.45) is -3.32. The first-order valence-corrected chi connectivity index (χ1v) is 6.59. The number of benzene rings is 1. The van der Waals surface area contributed by atoms with E-state index in [-0.39, 0.29) is 24.6 Å². The topological polar surface area (TPSA) is 40.5 Å². The van der Waals surface area contributed by atoms with Gasteiger partial charge in [0.1, 0.15) is 5.82 Å². The summed E-state index contributed by atoms with van der Waals surface area (Å²) < 4.78 is 51.8. The van der Waals surface area contributed by atoms with E-state index in [2.05, 4.69) is 0 Å². The Morgan fingerprint density at radius 2 is 2.10 bits per heavy atom. The highest BCUT2D eigenvalue weighted by molar-refractivity contribution is 5.67. The van der Waals surface area contributed by atoms with Crippen LogP contribution in [0.15, 0.2) is 18.2 Å². The SMILES string of the molecule is O=C(O)CC1CCCN1Cc1ccc(F)cc1C(F)(F)F. The van der Waals surface area contributed by atoms with Crippen LogP contribution in [0.3, 0.4) is 0 Å². The zero-order valence-electron chi connectivity index (χ0n) is 11.2. The lowest BCUT2D eigenvalue weighted by molar-refractivity contribution is -0.140. The van der Waals surface area contributed by atoms with Crippen LogP contribution in [0, 0.1) is 5.82 Å². The van der Waals surface area contributed by atoms with Crippen LogP contribution >= 0.6 is 0 Å². The van der Waals surface area contributed by atoms with Crippen LogP contribution in [-0.4, -0.2) is 28.6 Å². The van der Waals surface area contributed by atoms with Gasteiger partial charge in [-0.2, -0.15) is 13.2 Å². The van der Waals surface area contributed by atoms with Crippen molar-refractivity contribution in [2.24, 2.45) is 0 Å². The first-order chi connectivity index (χ1) is 9.77. The predicted molar refractivity (Wildman–Crippen MR) is 67.1 cm³/mol. The van der Waals surface area contributed by atoms with Gasteiger partial charge in [0.2, 0.25) is 0 Å². The molecule has 1 fully saturated rings. The number of hydrogen-bond acceptors (Lipinski definition) is 2. The molecule has 0 spiro atoms. The number of aliphatic carboxylic acids is 1. The molecule has 3 nitrogen and oxygen atoms in total. The minimum atomic E-state index is -4.63. The van der Waals surface area contributed by atoms with Crippen LogP contribution in [0.1, 0.15) is 30.4 Å². The van der Waals surface area contributed by atoms with Gasteiger partial charge in [-0.3, -0.25) is 9.69 Å².